The summed E-state index contributed by atoms with van der Waals surface area (Å²) in [5.74, 6) is 0. The monoisotopic (exact) mass is 332 g/mol. The Morgan fingerprint density at radius 2 is 1.78 bits per heavy atom. The fourth-order valence-corrected chi connectivity index (χ4v) is 4.00. The first-order valence-electron chi connectivity index (χ1n) is 6.20. The van der Waals surface area contributed by atoms with Gasteiger partial charge in [0.2, 0.25) is 5.13 Å². The van der Waals surface area contributed by atoms with E-state index in [1.807, 2.05) is 0 Å². The number of anilines is 1. The first kappa shape index (κ1) is 14.2. The van der Waals surface area contributed by atoms with E-state index in [0.717, 1.165) is 21.9 Å². The SMILES string of the molecule is CN1C(C)(C)CC(Nc2nnc(Br)s2)CC1(C)C. The number of halogens is 1. The largest absolute Gasteiger partial charge is 0.357 e. The van der Waals surface area contributed by atoms with Gasteiger partial charge in [-0.15, -0.1) is 10.2 Å². The Bertz CT molecular complexity index is 411. The second-order valence-electron chi connectivity index (χ2n) is 6.29. The Morgan fingerprint density at radius 3 is 2.22 bits per heavy atom. The average Bonchev–Trinajstić information content (AvgIpc) is 2.59. The quantitative estimate of drug-likeness (QED) is 0.901. The topological polar surface area (TPSA) is 41.0 Å². The van der Waals surface area contributed by atoms with E-state index in [4.69, 9.17) is 0 Å². The van der Waals surface area contributed by atoms with Crippen LogP contribution in [0, 0.1) is 0 Å². The fourth-order valence-electron chi connectivity index (χ4n) is 2.91. The van der Waals surface area contributed by atoms with Gasteiger partial charge < -0.3 is 5.32 Å². The summed E-state index contributed by atoms with van der Waals surface area (Å²) in [6.45, 7) is 9.22. The predicted octanol–water partition coefficient (Wildman–Crippen LogP) is 3.36. The van der Waals surface area contributed by atoms with Gasteiger partial charge in [0.1, 0.15) is 0 Å². The van der Waals surface area contributed by atoms with Crippen molar-refractivity contribution in [3.05, 3.63) is 3.92 Å². The summed E-state index contributed by atoms with van der Waals surface area (Å²) in [4.78, 5) is 2.48. The highest BCUT2D eigenvalue weighted by atomic mass is 79.9. The summed E-state index contributed by atoms with van der Waals surface area (Å²) >= 11 is 4.90. The van der Waals surface area contributed by atoms with Crippen molar-refractivity contribution in [2.24, 2.45) is 0 Å². The molecule has 1 aromatic rings. The maximum Gasteiger partial charge on any atom is 0.206 e. The first-order chi connectivity index (χ1) is 8.21. The molecular weight excluding hydrogens is 312 g/mol. The highest BCUT2D eigenvalue weighted by Crippen LogP contribution is 2.38. The molecule has 1 aliphatic rings. The van der Waals surface area contributed by atoms with Crippen LogP contribution >= 0.6 is 27.3 Å². The molecular formula is C12H21BrN4S. The van der Waals surface area contributed by atoms with Crippen molar-refractivity contribution in [1.82, 2.24) is 15.1 Å². The van der Waals surface area contributed by atoms with Crippen LogP contribution in [0.5, 0.6) is 0 Å². The summed E-state index contributed by atoms with van der Waals surface area (Å²) < 4.78 is 0.830. The molecule has 18 heavy (non-hydrogen) atoms. The van der Waals surface area contributed by atoms with Gasteiger partial charge in [0.25, 0.3) is 0 Å². The standard InChI is InChI=1S/C12H21BrN4S/c1-11(2)6-8(7-12(3,4)17(11)5)14-10-16-15-9(13)18-10/h8H,6-7H2,1-5H3,(H,14,16). The van der Waals surface area contributed by atoms with Crippen molar-refractivity contribution >= 4 is 32.4 Å². The Kier molecular flexibility index (Phi) is 3.73. The van der Waals surface area contributed by atoms with Crippen molar-refractivity contribution in [2.45, 2.75) is 57.7 Å². The number of likely N-dealkylation sites (tertiary alicyclic amines) is 1. The van der Waals surface area contributed by atoms with Crippen molar-refractivity contribution in [3.63, 3.8) is 0 Å². The molecule has 0 unspecified atom stereocenters. The molecule has 1 N–H and O–H groups in total. The van der Waals surface area contributed by atoms with Crippen LogP contribution in [0.4, 0.5) is 5.13 Å². The Balaban J connectivity index is 2.11. The number of nitrogens with zero attached hydrogens (tertiary/aromatic N) is 3. The van der Waals surface area contributed by atoms with Crippen LogP contribution < -0.4 is 5.32 Å². The molecule has 1 fully saturated rings. The van der Waals surface area contributed by atoms with E-state index >= 15 is 0 Å². The molecule has 0 saturated carbocycles. The molecule has 0 amide bonds. The van der Waals surface area contributed by atoms with Gasteiger partial charge in [-0.2, -0.15) is 0 Å². The number of piperidine rings is 1. The number of rotatable bonds is 2. The molecule has 0 radical (unpaired) electrons. The molecule has 1 saturated heterocycles. The maximum atomic E-state index is 4.12. The van der Waals surface area contributed by atoms with Gasteiger partial charge in [-0.05, 0) is 63.5 Å². The Hall–Kier alpha value is -0.200. The van der Waals surface area contributed by atoms with Crippen LogP contribution in [-0.4, -0.2) is 39.3 Å². The Morgan fingerprint density at radius 1 is 1.22 bits per heavy atom. The second-order valence-corrected chi connectivity index (χ2v) is 8.55. The van der Waals surface area contributed by atoms with Gasteiger partial charge in [-0.25, -0.2) is 0 Å². The number of hydrogen-bond donors (Lipinski definition) is 1. The predicted molar refractivity (Wildman–Crippen MR) is 80.2 cm³/mol. The maximum absolute atomic E-state index is 4.12. The van der Waals surface area contributed by atoms with Crippen LogP contribution in [0.1, 0.15) is 40.5 Å². The highest BCUT2D eigenvalue weighted by Gasteiger charge is 2.43. The third-order valence-corrected chi connectivity index (χ3v) is 5.32. The molecule has 0 aromatic carbocycles. The number of hydrogen-bond acceptors (Lipinski definition) is 5. The molecule has 6 heteroatoms. The first-order valence-corrected chi connectivity index (χ1v) is 7.81. The smallest absolute Gasteiger partial charge is 0.206 e. The molecule has 0 atom stereocenters. The van der Waals surface area contributed by atoms with E-state index in [0.29, 0.717) is 6.04 Å². The normalized spacial score (nSPS) is 24.1. The van der Waals surface area contributed by atoms with Gasteiger partial charge in [-0.1, -0.05) is 11.3 Å². The lowest BCUT2D eigenvalue weighted by Crippen LogP contribution is -2.61. The minimum Gasteiger partial charge on any atom is -0.357 e. The second kappa shape index (κ2) is 4.72. The average molecular weight is 333 g/mol. The van der Waals surface area contributed by atoms with Gasteiger partial charge in [0.05, 0.1) is 0 Å². The molecule has 1 aromatic heterocycles. The zero-order chi connectivity index (χ0) is 13.6. The van der Waals surface area contributed by atoms with Gasteiger partial charge >= 0.3 is 0 Å². The van der Waals surface area contributed by atoms with E-state index in [2.05, 4.69) is 71.1 Å². The van der Waals surface area contributed by atoms with Crippen molar-refractivity contribution in [3.8, 4) is 0 Å². The summed E-state index contributed by atoms with van der Waals surface area (Å²) in [6.07, 6.45) is 2.23. The highest BCUT2D eigenvalue weighted by molar-refractivity contribution is 9.11. The van der Waals surface area contributed by atoms with Gasteiger partial charge in [-0.3, -0.25) is 4.90 Å². The summed E-state index contributed by atoms with van der Waals surface area (Å²) in [6, 6.07) is 0.450. The minimum absolute atomic E-state index is 0.196. The molecule has 1 aliphatic heterocycles. The third-order valence-electron chi connectivity index (χ3n) is 4.04. The molecule has 0 bridgehead atoms. The van der Waals surface area contributed by atoms with Crippen LogP contribution in [-0.2, 0) is 0 Å². The van der Waals surface area contributed by atoms with Gasteiger partial charge in [0, 0.05) is 17.1 Å². The van der Waals surface area contributed by atoms with Crippen molar-refractivity contribution < 1.29 is 0 Å². The Labute approximate surface area is 121 Å². The molecule has 2 rings (SSSR count). The lowest BCUT2D eigenvalue weighted by Gasteiger charge is -2.53. The van der Waals surface area contributed by atoms with Crippen molar-refractivity contribution in [2.75, 3.05) is 12.4 Å². The van der Waals surface area contributed by atoms with Crippen LogP contribution in [0.25, 0.3) is 0 Å². The lowest BCUT2D eigenvalue weighted by atomic mass is 9.77. The molecule has 0 aliphatic carbocycles. The number of nitrogens with one attached hydrogen (secondary N) is 1. The zero-order valence-electron chi connectivity index (χ0n) is 11.6. The summed E-state index contributed by atoms with van der Waals surface area (Å²) in [5, 5.41) is 12.5. The number of aromatic nitrogens is 2. The fraction of sp³-hybridized carbons (Fsp3) is 0.833. The van der Waals surface area contributed by atoms with E-state index < -0.39 is 0 Å². The van der Waals surface area contributed by atoms with E-state index in [-0.39, 0.29) is 11.1 Å². The van der Waals surface area contributed by atoms with Gasteiger partial charge in [0.15, 0.2) is 3.92 Å². The summed E-state index contributed by atoms with van der Waals surface area (Å²) in [5.41, 5.74) is 0.392. The van der Waals surface area contributed by atoms with Crippen LogP contribution in [0.15, 0.2) is 3.92 Å². The minimum atomic E-state index is 0.196. The van der Waals surface area contributed by atoms with E-state index in [1.54, 1.807) is 11.3 Å². The molecule has 102 valence electrons. The van der Waals surface area contributed by atoms with Crippen LogP contribution in [0.2, 0.25) is 0 Å². The molecule has 4 nitrogen and oxygen atoms in total. The van der Waals surface area contributed by atoms with Crippen LogP contribution in [0.3, 0.4) is 0 Å². The third kappa shape index (κ3) is 2.86. The molecule has 2 heterocycles. The van der Waals surface area contributed by atoms with Crippen molar-refractivity contribution in [1.29, 1.82) is 0 Å². The van der Waals surface area contributed by atoms with E-state index in [1.165, 1.54) is 0 Å². The summed E-state index contributed by atoms with van der Waals surface area (Å²) in [7, 11) is 2.22. The molecule has 0 spiro atoms. The zero-order valence-corrected chi connectivity index (χ0v) is 14.0. The lowest BCUT2D eigenvalue weighted by molar-refractivity contribution is -0.00768. The van der Waals surface area contributed by atoms with E-state index in [9.17, 15) is 0 Å².